The third-order valence-electron chi connectivity index (χ3n) is 1.85. The number of nitrogens with zero attached hydrogens (tertiary/aromatic N) is 3. The number of hydrogen-bond donors (Lipinski definition) is 1. The molecule has 4 nitrogen and oxygen atoms in total. The van der Waals surface area contributed by atoms with Gasteiger partial charge in [-0.1, -0.05) is 15.9 Å². The smallest absolute Gasteiger partial charge is 0.134 e. The Morgan fingerprint density at radius 1 is 1.36 bits per heavy atom. The first-order valence-corrected chi connectivity index (χ1v) is 4.61. The van der Waals surface area contributed by atoms with E-state index in [1.165, 1.54) is 6.33 Å². The van der Waals surface area contributed by atoms with E-state index in [9.17, 15) is 0 Å². The molecular weight excluding hydrogens is 244 g/mol. The molecule has 0 saturated heterocycles. The topological polar surface area (TPSA) is 75.6 Å². The molecule has 0 spiro atoms. The molecule has 1 aromatic heterocycles. The van der Waals surface area contributed by atoms with Crippen molar-refractivity contribution in [3.8, 4) is 6.07 Å². The van der Waals surface area contributed by atoms with Crippen LogP contribution in [0.15, 0.2) is 22.9 Å². The van der Waals surface area contributed by atoms with Gasteiger partial charge in [0.05, 0.1) is 11.1 Å². The molecular formula is C9H5BrN4. The Labute approximate surface area is 88.5 Å². The molecule has 0 amide bonds. The second-order valence-electron chi connectivity index (χ2n) is 2.72. The van der Waals surface area contributed by atoms with E-state index in [-0.39, 0.29) is 0 Å². The molecule has 2 aromatic rings. The number of hydrogen-bond acceptors (Lipinski definition) is 4. The van der Waals surface area contributed by atoms with Crippen LogP contribution < -0.4 is 5.73 Å². The van der Waals surface area contributed by atoms with Gasteiger partial charge in [-0.25, -0.2) is 9.97 Å². The Kier molecular flexibility index (Phi) is 2.06. The minimum absolute atomic E-state index is 0.382. The quantitative estimate of drug-likeness (QED) is 0.772. The molecule has 5 heteroatoms. The normalized spacial score (nSPS) is 10.0. The lowest BCUT2D eigenvalue weighted by Crippen LogP contribution is -1.94. The molecule has 0 fully saturated rings. The summed E-state index contributed by atoms with van der Waals surface area (Å²) in [6.07, 6.45) is 1.35. The minimum Gasteiger partial charge on any atom is -0.383 e. The van der Waals surface area contributed by atoms with E-state index in [2.05, 4.69) is 32.0 Å². The third kappa shape index (κ3) is 1.30. The number of nitrogens with two attached hydrogens (primary N) is 1. The van der Waals surface area contributed by atoms with Gasteiger partial charge in [0.25, 0.3) is 0 Å². The lowest BCUT2D eigenvalue weighted by molar-refractivity contribution is 1.22. The number of anilines is 1. The summed E-state index contributed by atoms with van der Waals surface area (Å²) in [6.45, 7) is 0. The van der Waals surface area contributed by atoms with Crippen molar-refractivity contribution in [2.24, 2.45) is 0 Å². The van der Waals surface area contributed by atoms with Gasteiger partial charge in [-0.05, 0) is 12.1 Å². The fourth-order valence-electron chi connectivity index (χ4n) is 1.24. The van der Waals surface area contributed by atoms with Gasteiger partial charge in [-0.2, -0.15) is 5.26 Å². The lowest BCUT2D eigenvalue weighted by Gasteiger charge is -2.02. The van der Waals surface area contributed by atoms with Crippen LogP contribution in [0.4, 0.5) is 5.82 Å². The highest BCUT2D eigenvalue weighted by atomic mass is 79.9. The molecule has 2 N–H and O–H groups in total. The SMILES string of the molecule is N#Cc1cc(Br)cc2c(N)ncnc12. The van der Waals surface area contributed by atoms with Gasteiger partial charge < -0.3 is 5.73 Å². The summed E-state index contributed by atoms with van der Waals surface area (Å²) in [6, 6.07) is 5.56. The van der Waals surface area contributed by atoms with Crippen molar-refractivity contribution in [3.05, 3.63) is 28.5 Å². The van der Waals surface area contributed by atoms with E-state index in [0.717, 1.165) is 4.47 Å². The average molecular weight is 249 g/mol. The highest BCUT2D eigenvalue weighted by Gasteiger charge is 2.06. The number of aromatic nitrogens is 2. The van der Waals surface area contributed by atoms with Crippen molar-refractivity contribution in [2.45, 2.75) is 0 Å². The fourth-order valence-corrected chi connectivity index (χ4v) is 1.69. The van der Waals surface area contributed by atoms with Gasteiger partial charge in [0.1, 0.15) is 18.2 Å². The first-order valence-electron chi connectivity index (χ1n) is 3.82. The molecule has 0 unspecified atom stereocenters. The molecule has 68 valence electrons. The number of fused-ring (bicyclic) bond motifs is 1. The van der Waals surface area contributed by atoms with Crippen molar-refractivity contribution in [3.63, 3.8) is 0 Å². The van der Waals surface area contributed by atoms with Crippen LogP contribution in [0.1, 0.15) is 5.56 Å². The zero-order valence-electron chi connectivity index (χ0n) is 7.03. The molecule has 2 rings (SSSR count). The maximum absolute atomic E-state index is 8.88. The summed E-state index contributed by atoms with van der Waals surface area (Å²) < 4.78 is 0.794. The Hall–Kier alpha value is -1.67. The standard InChI is InChI=1S/C9H5BrN4/c10-6-1-5(3-11)8-7(2-6)9(12)14-4-13-8/h1-2,4H,(H2,12,13,14). The number of nitrogen functional groups attached to an aromatic ring is 1. The van der Waals surface area contributed by atoms with Crippen LogP contribution in [-0.2, 0) is 0 Å². The zero-order chi connectivity index (χ0) is 10.1. The molecule has 0 saturated carbocycles. The van der Waals surface area contributed by atoms with Crippen LogP contribution in [-0.4, -0.2) is 9.97 Å². The summed E-state index contributed by atoms with van der Waals surface area (Å²) in [7, 11) is 0. The highest BCUT2D eigenvalue weighted by molar-refractivity contribution is 9.10. The molecule has 1 heterocycles. The monoisotopic (exact) mass is 248 g/mol. The molecule has 0 atom stereocenters. The summed E-state index contributed by atoms with van der Waals surface area (Å²) in [5, 5.41) is 9.57. The maximum Gasteiger partial charge on any atom is 0.134 e. The molecule has 0 aliphatic rings. The van der Waals surface area contributed by atoms with Gasteiger partial charge in [-0.15, -0.1) is 0 Å². The van der Waals surface area contributed by atoms with Gasteiger partial charge in [-0.3, -0.25) is 0 Å². The van der Waals surface area contributed by atoms with Crippen LogP contribution in [0.3, 0.4) is 0 Å². The van der Waals surface area contributed by atoms with E-state index >= 15 is 0 Å². The van der Waals surface area contributed by atoms with Crippen molar-refractivity contribution >= 4 is 32.7 Å². The average Bonchev–Trinajstić information content (AvgIpc) is 2.18. The molecule has 14 heavy (non-hydrogen) atoms. The van der Waals surface area contributed by atoms with Gasteiger partial charge in [0, 0.05) is 9.86 Å². The van der Waals surface area contributed by atoms with Gasteiger partial charge in [0.15, 0.2) is 0 Å². The summed E-state index contributed by atoms with van der Waals surface area (Å²) >= 11 is 3.30. The van der Waals surface area contributed by atoms with Crippen molar-refractivity contribution < 1.29 is 0 Å². The molecule has 0 bridgehead atoms. The highest BCUT2D eigenvalue weighted by Crippen LogP contribution is 2.24. The van der Waals surface area contributed by atoms with Crippen molar-refractivity contribution in [1.29, 1.82) is 5.26 Å². The summed E-state index contributed by atoms with van der Waals surface area (Å²) in [5.74, 6) is 0.382. The first-order chi connectivity index (χ1) is 6.72. The third-order valence-corrected chi connectivity index (χ3v) is 2.31. The maximum atomic E-state index is 8.88. The molecule has 1 aromatic carbocycles. The molecule has 0 radical (unpaired) electrons. The number of rotatable bonds is 0. The molecule has 0 aliphatic heterocycles. The van der Waals surface area contributed by atoms with Crippen LogP contribution in [0.2, 0.25) is 0 Å². The van der Waals surface area contributed by atoms with Gasteiger partial charge >= 0.3 is 0 Å². The lowest BCUT2D eigenvalue weighted by atomic mass is 10.1. The van der Waals surface area contributed by atoms with Crippen LogP contribution >= 0.6 is 15.9 Å². The minimum atomic E-state index is 0.382. The predicted octanol–water partition coefficient (Wildman–Crippen LogP) is 1.85. The number of halogens is 1. The van der Waals surface area contributed by atoms with E-state index in [1.807, 2.05) is 0 Å². The van der Waals surface area contributed by atoms with Crippen LogP contribution in [0.5, 0.6) is 0 Å². The predicted molar refractivity (Wildman–Crippen MR) is 56.4 cm³/mol. The zero-order valence-corrected chi connectivity index (χ0v) is 8.62. The first kappa shape index (κ1) is 8.91. The van der Waals surface area contributed by atoms with E-state index in [4.69, 9.17) is 11.0 Å². The van der Waals surface area contributed by atoms with Crippen molar-refractivity contribution in [1.82, 2.24) is 9.97 Å². The second-order valence-corrected chi connectivity index (χ2v) is 3.64. The van der Waals surface area contributed by atoms with Gasteiger partial charge in [0.2, 0.25) is 0 Å². The van der Waals surface area contributed by atoms with Crippen LogP contribution in [0, 0.1) is 11.3 Å². The summed E-state index contributed by atoms with van der Waals surface area (Å²) in [5.41, 5.74) is 6.74. The Balaban J connectivity index is 2.96. The largest absolute Gasteiger partial charge is 0.383 e. The Morgan fingerprint density at radius 2 is 2.14 bits per heavy atom. The number of nitriles is 1. The second kappa shape index (κ2) is 3.24. The van der Waals surface area contributed by atoms with E-state index in [0.29, 0.717) is 22.3 Å². The van der Waals surface area contributed by atoms with Crippen LogP contribution in [0.25, 0.3) is 10.9 Å². The Morgan fingerprint density at radius 3 is 2.86 bits per heavy atom. The van der Waals surface area contributed by atoms with Crippen molar-refractivity contribution in [2.75, 3.05) is 5.73 Å². The molecule has 0 aliphatic carbocycles. The van der Waals surface area contributed by atoms with E-state index in [1.54, 1.807) is 12.1 Å². The number of benzene rings is 1. The Bertz CT molecular complexity index is 544. The summed E-state index contributed by atoms with van der Waals surface area (Å²) in [4.78, 5) is 7.88. The fraction of sp³-hybridized carbons (Fsp3) is 0. The van der Waals surface area contributed by atoms with E-state index < -0.39 is 0 Å².